The third-order valence-electron chi connectivity index (χ3n) is 5.16. The first-order valence-corrected chi connectivity index (χ1v) is 11.0. The maximum atomic E-state index is 12.8. The first-order valence-electron chi connectivity index (χ1n) is 10.2. The van der Waals surface area contributed by atoms with E-state index < -0.39 is 0 Å². The van der Waals surface area contributed by atoms with Crippen molar-refractivity contribution in [1.82, 2.24) is 10.3 Å². The fourth-order valence-electron chi connectivity index (χ4n) is 3.50. The second kappa shape index (κ2) is 8.69. The Kier molecular flexibility index (Phi) is 5.44. The fraction of sp³-hybridized carbons (Fsp3) is 0.0385. The topological polar surface area (TPSA) is 80.4 Å². The lowest BCUT2D eigenvalue weighted by Crippen LogP contribution is -2.22. The van der Waals surface area contributed by atoms with Gasteiger partial charge in [-0.05, 0) is 54.1 Å². The molecule has 0 aliphatic carbocycles. The first-order chi connectivity index (χ1) is 15.7. The van der Waals surface area contributed by atoms with Crippen LogP contribution in [0.5, 0.6) is 0 Å². The number of nitrogen functional groups attached to an aromatic ring is 1. The SMILES string of the molecule is Nc1ccc(CNC(=O)c2ccc3c(c2)N=C(c2ccccn2)c2ccccc2S3)cc1. The van der Waals surface area contributed by atoms with Crippen molar-refractivity contribution >= 4 is 34.8 Å². The highest BCUT2D eigenvalue weighted by atomic mass is 32.2. The van der Waals surface area contributed by atoms with Crippen LogP contribution in [-0.2, 0) is 6.54 Å². The average Bonchev–Trinajstić information content (AvgIpc) is 3.00. The van der Waals surface area contributed by atoms with Crippen LogP contribution < -0.4 is 11.1 Å². The lowest BCUT2D eigenvalue weighted by Gasteiger charge is -2.08. The van der Waals surface area contributed by atoms with E-state index in [0.717, 1.165) is 38.0 Å². The second-order valence-electron chi connectivity index (χ2n) is 7.38. The summed E-state index contributed by atoms with van der Waals surface area (Å²) in [6.07, 6.45) is 1.76. The molecule has 2 heterocycles. The van der Waals surface area contributed by atoms with E-state index >= 15 is 0 Å². The Morgan fingerprint density at radius 3 is 2.53 bits per heavy atom. The van der Waals surface area contributed by atoms with Crippen molar-refractivity contribution in [2.75, 3.05) is 5.73 Å². The van der Waals surface area contributed by atoms with Crippen LogP contribution in [0.1, 0.15) is 27.2 Å². The van der Waals surface area contributed by atoms with Crippen molar-refractivity contribution < 1.29 is 4.79 Å². The molecule has 0 fully saturated rings. The molecular weight excluding hydrogens is 416 g/mol. The number of carbonyl (C=O) groups excluding carboxylic acids is 1. The molecule has 3 aromatic carbocycles. The number of aromatic nitrogens is 1. The fourth-order valence-corrected chi connectivity index (χ4v) is 4.50. The molecule has 0 bridgehead atoms. The van der Waals surface area contributed by atoms with E-state index in [9.17, 15) is 4.79 Å². The number of fused-ring (bicyclic) bond motifs is 2. The van der Waals surface area contributed by atoms with E-state index in [4.69, 9.17) is 10.7 Å². The number of nitrogens with zero attached hydrogens (tertiary/aromatic N) is 2. The number of carbonyl (C=O) groups is 1. The van der Waals surface area contributed by atoms with Crippen LogP contribution in [-0.4, -0.2) is 16.6 Å². The van der Waals surface area contributed by atoms with Crippen LogP contribution in [0, 0.1) is 0 Å². The van der Waals surface area contributed by atoms with Gasteiger partial charge in [-0.2, -0.15) is 0 Å². The minimum absolute atomic E-state index is 0.147. The molecular formula is C26H20N4OS. The number of benzene rings is 3. The quantitative estimate of drug-likeness (QED) is 0.378. The van der Waals surface area contributed by atoms with Gasteiger partial charge in [0.15, 0.2) is 0 Å². The maximum Gasteiger partial charge on any atom is 0.251 e. The van der Waals surface area contributed by atoms with Crippen molar-refractivity contribution in [3.63, 3.8) is 0 Å². The minimum atomic E-state index is -0.147. The van der Waals surface area contributed by atoms with Gasteiger partial charge in [0.1, 0.15) is 0 Å². The largest absolute Gasteiger partial charge is 0.399 e. The lowest BCUT2D eigenvalue weighted by molar-refractivity contribution is 0.0951. The zero-order valence-corrected chi connectivity index (χ0v) is 18.0. The molecule has 1 aliphatic rings. The Bertz CT molecular complexity index is 1320. The number of pyridine rings is 1. The average molecular weight is 437 g/mol. The standard InChI is InChI=1S/C26H20N4OS/c27-19-11-8-17(9-12-19)16-29-26(31)18-10-13-24-22(15-18)30-25(21-6-3-4-14-28-21)20-5-1-2-7-23(20)32-24/h1-15H,16,27H2,(H,29,31). The van der Waals surface area contributed by atoms with Gasteiger partial charge in [-0.15, -0.1) is 0 Å². The molecule has 6 heteroatoms. The summed E-state index contributed by atoms with van der Waals surface area (Å²) in [7, 11) is 0. The summed E-state index contributed by atoms with van der Waals surface area (Å²) in [5.41, 5.74) is 11.4. The van der Waals surface area contributed by atoms with Gasteiger partial charge < -0.3 is 11.1 Å². The lowest BCUT2D eigenvalue weighted by atomic mass is 10.1. The van der Waals surface area contributed by atoms with Crippen LogP contribution in [0.2, 0.25) is 0 Å². The van der Waals surface area contributed by atoms with Crippen molar-refractivity contribution in [1.29, 1.82) is 0 Å². The summed E-state index contributed by atoms with van der Waals surface area (Å²) in [5.74, 6) is -0.147. The van der Waals surface area contributed by atoms with E-state index in [2.05, 4.69) is 22.4 Å². The number of anilines is 1. The van der Waals surface area contributed by atoms with E-state index in [1.807, 2.05) is 72.8 Å². The van der Waals surface area contributed by atoms with Crippen LogP contribution >= 0.6 is 11.8 Å². The molecule has 0 unspecified atom stereocenters. The summed E-state index contributed by atoms with van der Waals surface area (Å²) >= 11 is 1.65. The van der Waals surface area contributed by atoms with Gasteiger partial charge in [0.05, 0.1) is 17.1 Å². The Morgan fingerprint density at radius 2 is 1.72 bits per heavy atom. The van der Waals surface area contributed by atoms with Crippen LogP contribution in [0.25, 0.3) is 0 Å². The highest BCUT2D eigenvalue weighted by Crippen LogP contribution is 2.41. The van der Waals surface area contributed by atoms with E-state index in [1.54, 1.807) is 18.0 Å². The predicted molar refractivity (Wildman–Crippen MR) is 129 cm³/mol. The van der Waals surface area contributed by atoms with Gasteiger partial charge >= 0.3 is 0 Å². The van der Waals surface area contributed by atoms with Gasteiger partial charge in [0.25, 0.3) is 5.91 Å². The molecule has 1 aromatic heterocycles. The molecule has 0 radical (unpaired) electrons. The highest BCUT2D eigenvalue weighted by Gasteiger charge is 2.20. The summed E-state index contributed by atoms with van der Waals surface area (Å²) in [6.45, 7) is 0.429. The molecule has 1 aliphatic heterocycles. The van der Waals surface area contributed by atoms with E-state index in [-0.39, 0.29) is 5.91 Å². The number of nitrogens with one attached hydrogen (secondary N) is 1. The first kappa shape index (κ1) is 20.0. The minimum Gasteiger partial charge on any atom is -0.399 e. The van der Waals surface area contributed by atoms with Gasteiger partial charge in [-0.1, -0.05) is 48.2 Å². The summed E-state index contributed by atoms with van der Waals surface area (Å²) in [4.78, 5) is 24.4. The third kappa shape index (κ3) is 4.13. The molecule has 5 rings (SSSR count). The smallest absolute Gasteiger partial charge is 0.251 e. The number of aliphatic imine (C=N–C) groups is 1. The normalized spacial score (nSPS) is 12.2. The summed E-state index contributed by atoms with van der Waals surface area (Å²) in [6, 6.07) is 27.1. The summed E-state index contributed by atoms with van der Waals surface area (Å²) < 4.78 is 0. The van der Waals surface area contributed by atoms with Crippen LogP contribution in [0.15, 0.2) is 106 Å². The molecule has 3 N–H and O–H groups in total. The van der Waals surface area contributed by atoms with Gasteiger partial charge in [-0.3, -0.25) is 9.78 Å². The zero-order chi connectivity index (χ0) is 21.9. The van der Waals surface area contributed by atoms with E-state index in [1.165, 1.54) is 0 Å². The number of nitrogens with two attached hydrogens (primary N) is 1. The van der Waals surface area contributed by atoms with Gasteiger partial charge in [0, 0.05) is 39.3 Å². The molecule has 0 saturated heterocycles. The van der Waals surface area contributed by atoms with Gasteiger partial charge in [0.2, 0.25) is 0 Å². The van der Waals surface area contributed by atoms with E-state index in [0.29, 0.717) is 17.8 Å². The molecule has 0 saturated carbocycles. The Labute approximate surface area is 190 Å². The third-order valence-corrected chi connectivity index (χ3v) is 6.30. The number of hydrogen-bond acceptors (Lipinski definition) is 5. The second-order valence-corrected chi connectivity index (χ2v) is 8.46. The molecule has 156 valence electrons. The number of rotatable bonds is 4. The molecule has 0 spiro atoms. The monoisotopic (exact) mass is 436 g/mol. The molecule has 1 amide bonds. The van der Waals surface area contributed by atoms with Crippen LogP contribution in [0.3, 0.4) is 0 Å². The Hall–Kier alpha value is -3.90. The molecule has 5 nitrogen and oxygen atoms in total. The van der Waals surface area contributed by atoms with Crippen molar-refractivity contribution in [2.24, 2.45) is 4.99 Å². The highest BCUT2D eigenvalue weighted by molar-refractivity contribution is 7.99. The predicted octanol–water partition coefficient (Wildman–Crippen LogP) is 5.23. The van der Waals surface area contributed by atoms with Crippen molar-refractivity contribution in [3.8, 4) is 0 Å². The molecule has 32 heavy (non-hydrogen) atoms. The zero-order valence-electron chi connectivity index (χ0n) is 17.2. The number of hydrogen-bond donors (Lipinski definition) is 2. The Morgan fingerprint density at radius 1 is 0.906 bits per heavy atom. The van der Waals surface area contributed by atoms with Crippen molar-refractivity contribution in [2.45, 2.75) is 16.3 Å². The maximum absolute atomic E-state index is 12.8. The van der Waals surface area contributed by atoms with Crippen LogP contribution in [0.4, 0.5) is 11.4 Å². The summed E-state index contributed by atoms with van der Waals surface area (Å²) in [5, 5.41) is 2.97. The van der Waals surface area contributed by atoms with Crippen molar-refractivity contribution in [3.05, 3.63) is 114 Å². The van der Waals surface area contributed by atoms with Gasteiger partial charge in [-0.25, -0.2) is 4.99 Å². The Balaban J connectivity index is 1.48. The number of amides is 1. The molecule has 4 aromatic rings. The molecule has 0 atom stereocenters.